The van der Waals surface area contributed by atoms with E-state index in [1.54, 1.807) is 0 Å². The van der Waals surface area contributed by atoms with Crippen LogP contribution in [-0.2, 0) is 0 Å². The SMILES string of the molecule is c1cn2c(n1)NCCC2C1CC1. The third kappa shape index (κ3) is 0.854. The molecule has 1 aromatic rings. The zero-order valence-electron chi connectivity index (χ0n) is 7.03. The van der Waals surface area contributed by atoms with Crippen LogP contribution in [0.25, 0.3) is 0 Å². The van der Waals surface area contributed by atoms with Gasteiger partial charge in [-0.3, -0.25) is 0 Å². The molecule has 12 heavy (non-hydrogen) atoms. The van der Waals surface area contributed by atoms with Crippen molar-refractivity contribution in [2.75, 3.05) is 11.9 Å². The van der Waals surface area contributed by atoms with Crippen molar-refractivity contribution in [2.45, 2.75) is 25.3 Å². The van der Waals surface area contributed by atoms with Crippen LogP contribution in [0.5, 0.6) is 0 Å². The molecule has 0 bridgehead atoms. The van der Waals surface area contributed by atoms with Crippen LogP contribution in [0.4, 0.5) is 5.95 Å². The van der Waals surface area contributed by atoms with Crippen LogP contribution in [-0.4, -0.2) is 16.1 Å². The van der Waals surface area contributed by atoms with Gasteiger partial charge < -0.3 is 9.88 Å². The minimum Gasteiger partial charge on any atom is -0.356 e. The summed E-state index contributed by atoms with van der Waals surface area (Å²) in [6, 6.07) is 0.740. The second-order valence-corrected chi connectivity index (χ2v) is 3.78. The van der Waals surface area contributed by atoms with Gasteiger partial charge in [0.1, 0.15) is 0 Å². The molecule has 0 saturated heterocycles. The first-order chi connectivity index (χ1) is 5.95. The third-order valence-electron chi connectivity index (χ3n) is 2.92. The molecule has 3 heteroatoms. The molecule has 2 aliphatic rings. The fourth-order valence-corrected chi connectivity index (χ4v) is 2.13. The molecule has 1 aromatic heterocycles. The molecule has 1 N–H and O–H groups in total. The van der Waals surface area contributed by atoms with E-state index in [2.05, 4.69) is 21.1 Å². The van der Waals surface area contributed by atoms with Crippen LogP contribution in [0.3, 0.4) is 0 Å². The number of hydrogen-bond acceptors (Lipinski definition) is 2. The normalized spacial score (nSPS) is 27.8. The molecular weight excluding hydrogens is 150 g/mol. The number of aromatic nitrogens is 2. The molecule has 3 nitrogen and oxygen atoms in total. The Kier molecular flexibility index (Phi) is 1.22. The highest BCUT2D eigenvalue weighted by Crippen LogP contribution is 2.43. The summed E-state index contributed by atoms with van der Waals surface area (Å²) in [6.07, 6.45) is 8.10. The summed E-state index contributed by atoms with van der Waals surface area (Å²) < 4.78 is 2.31. The zero-order valence-corrected chi connectivity index (χ0v) is 7.03. The van der Waals surface area contributed by atoms with Crippen molar-refractivity contribution < 1.29 is 0 Å². The lowest BCUT2D eigenvalue weighted by Crippen LogP contribution is -2.23. The van der Waals surface area contributed by atoms with Crippen LogP contribution >= 0.6 is 0 Å². The fraction of sp³-hybridized carbons (Fsp3) is 0.667. The molecule has 0 spiro atoms. The number of nitrogens with zero attached hydrogens (tertiary/aromatic N) is 2. The summed E-state index contributed by atoms with van der Waals surface area (Å²) in [5, 5.41) is 3.31. The summed E-state index contributed by atoms with van der Waals surface area (Å²) in [6.45, 7) is 1.10. The molecule has 0 radical (unpaired) electrons. The highest BCUT2D eigenvalue weighted by atomic mass is 15.2. The topological polar surface area (TPSA) is 29.9 Å². The Balaban J connectivity index is 1.97. The van der Waals surface area contributed by atoms with Crippen molar-refractivity contribution in [3.63, 3.8) is 0 Å². The number of anilines is 1. The largest absolute Gasteiger partial charge is 0.356 e. The molecule has 1 atom stereocenters. The van der Waals surface area contributed by atoms with E-state index in [1.165, 1.54) is 19.3 Å². The molecule has 1 aliphatic carbocycles. The second-order valence-electron chi connectivity index (χ2n) is 3.78. The number of imidazole rings is 1. The molecule has 2 heterocycles. The maximum absolute atomic E-state index is 4.27. The van der Waals surface area contributed by atoms with Crippen molar-refractivity contribution in [1.82, 2.24) is 9.55 Å². The quantitative estimate of drug-likeness (QED) is 0.682. The summed E-state index contributed by atoms with van der Waals surface area (Å²) in [7, 11) is 0. The third-order valence-corrected chi connectivity index (χ3v) is 2.92. The summed E-state index contributed by atoms with van der Waals surface area (Å²) in [4.78, 5) is 4.27. The molecule has 1 fully saturated rings. The van der Waals surface area contributed by atoms with Crippen molar-refractivity contribution in [3.05, 3.63) is 12.4 Å². The van der Waals surface area contributed by atoms with Gasteiger partial charge >= 0.3 is 0 Å². The molecule has 1 saturated carbocycles. The molecule has 0 amide bonds. The van der Waals surface area contributed by atoms with Gasteiger partial charge in [0.15, 0.2) is 0 Å². The van der Waals surface area contributed by atoms with Crippen LogP contribution in [0, 0.1) is 5.92 Å². The highest BCUT2D eigenvalue weighted by molar-refractivity contribution is 5.29. The molecule has 1 aliphatic heterocycles. The Morgan fingerprint density at radius 3 is 3.17 bits per heavy atom. The van der Waals surface area contributed by atoms with Gasteiger partial charge in [-0.05, 0) is 25.2 Å². The molecule has 0 aromatic carbocycles. The van der Waals surface area contributed by atoms with E-state index < -0.39 is 0 Å². The lowest BCUT2D eigenvalue weighted by molar-refractivity contribution is 0.410. The molecular formula is C9H13N3. The first-order valence-electron chi connectivity index (χ1n) is 4.72. The van der Waals surface area contributed by atoms with Crippen molar-refractivity contribution in [1.29, 1.82) is 0 Å². The highest BCUT2D eigenvalue weighted by Gasteiger charge is 2.34. The maximum Gasteiger partial charge on any atom is 0.203 e. The van der Waals surface area contributed by atoms with Crippen LogP contribution in [0.2, 0.25) is 0 Å². The van der Waals surface area contributed by atoms with Crippen LogP contribution in [0.15, 0.2) is 12.4 Å². The van der Waals surface area contributed by atoms with Gasteiger partial charge in [0.25, 0.3) is 0 Å². The van der Waals surface area contributed by atoms with E-state index in [4.69, 9.17) is 0 Å². The van der Waals surface area contributed by atoms with Gasteiger partial charge in [0, 0.05) is 25.0 Å². The van der Waals surface area contributed by atoms with Gasteiger partial charge in [-0.15, -0.1) is 0 Å². The van der Waals surface area contributed by atoms with Gasteiger partial charge in [-0.25, -0.2) is 4.98 Å². The Hall–Kier alpha value is -0.990. The van der Waals surface area contributed by atoms with E-state index in [0.717, 1.165) is 24.5 Å². The minimum absolute atomic E-state index is 0.740. The number of rotatable bonds is 1. The summed E-state index contributed by atoms with van der Waals surface area (Å²) in [5.74, 6) is 2.01. The smallest absolute Gasteiger partial charge is 0.203 e. The van der Waals surface area contributed by atoms with E-state index in [1.807, 2.05) is 6.20 Å². The van der Waals surface area contributed by atoms with Crippen molar-refractivity contribution >= 4 is 5.95 Å². The van der Waals surface area contributed by atoms with E-state index in [9.17, 15) is 0 Å². The maximum atomic E-state index is 4.27. The lowest BCUT2D eigenvalue weighted by atomic mass is 10.1. The Labute approximate surface area is 71.8 Å². The Bertz CT molecular complexity index is 288. The van der Waals surface area contributed by atoms with E-state index in [0.29, 0.717) is 0 Å². The predicted octanol–water partition coefficient (Wildman–Crippen LogP) is 1.65. The Morgan fingerprint density at radius 2 is 2.33 bits per heavy atom. The standard InChI is InChI=1S/C9H13N3/c1-2-7(1)8-3-4-10-9-11-5-6-12(8)9/h5-8H,1-4H2,(H,10,11). The van der Waals surface area contributed by atoms with Crippen molar-refractivity contribution in [3.8, 4) is 0 Å². The van der Waals surface area contributed by atoms with E-state index >= 15 is 0 Å². The summed E-state index contributed by atoms with van der Waals surface area (Å²) >= 11 is 0. The molecule has 1 unspecified atom stereocenters. The average Bonchev–Trinajstić information content (AvgIpc) is 2.82. The summed E-state index contributed by atoms with van der Waals surface area (Å²) in [5.41, 5.74) is 0. The molecule has 64 valence electrons. The Morgan fingerprint density at radius 1 is 1.42 bits per heavy atom. The van der Waals surface area contributed by atoms with Crippen molar-refractivity contribution in [2.24, 2.45) is 5.92 Å². The monoisotopic (exact) mass is 163 g/mol. The molecule has 3 rings (SSSR count). The predicted molar refractivity (Wildman–Crippen MR) is 47.1 cm³/mol. The first-order valence-corrected chi connectivity index (χ1v) is 4.72. The van der Waals surface area contributed by atoms with Crippen LogP contribution in [0.1, 0.15) is 25.3 Å². The van der Waals surface area contributed by atoms with Gasteiger partial charge in [-0.1, -0.05) is 0 Å². The second kappa shape index (κ2) is 2.25. The number of nitrogens with one attached hydrogen (secondary N) is 1. The van der Waals surface area contributed by atoms with Crippen LogP contribution < -0.4 is 5.32 Å². The van der Waals surface area contributed by atoms with E-state index in [-0.39, 0.29) is 0 Å². The average molecular weight is 163 g/mol. The minimum atomic E-state index is 0.740. The fourth-order valence-electron chi connectivity index (χ4n) is 2.13. The number of hydrogen-bond donors (Lipinski definition) is 1. The first kappa shape index (κ1) is 6.52. The van der Waals surface area contributed by atoms with Gasteiger partial charge in [0.2, 0.25) is 5.95 Å². The van der Waals surface area contributed by atoms with Gasteiger partial charge in [-0.2, -0.15) is 0 Å². The zero-order chi connectivity index (χ0) is 7.97. The lowest BCUT2D eigenvalue weighted by Gasteiger charge is -2.25. The van der Waals surface area contributed by atoms with Gasteiger partial charge in [0.05, 0.1) is 0 Å². The number of fused-ring (bicyclic) bond motifs is 1.